The summed E-state index contributed by atoms with van der Waals surface area (Å²) in [6.07, 6.45) is 1.95. The monoisotopic (exact) mass is 185 g/mol. The molecule has 1 atom stereocenters. The van der Waals surface area contributed by atoms with Crippen molar-refractivity contribution in [2.45, 2.75) is 45.4 Å². The highest BCUT2D eigenvalue weighted by Crippen LogP contribution is 2.32. The van der Waals surface area contributed by atoms with E-state index in [2.05, 4.69) is 36.9 Å². The lowest BCUT2D eigenvalue weighted by Crippen LogP contribution is -2.43. The molecule has 69 valence electrons. The minimum Gasteiger partial charge on any atom is -0.429 e. The van der Waals surface area contributed by atoms with Crippen molar-refractivity contribution in [3.63, 3.8) is 0 Å². The zero-order chi connectivity index (χ0) is 9.83. The van der Waals surface area contributed by atoms with E-state index in [1.54, 1.807) is 7.48 Å². The normalized spacial score (nSPS) is 13.8. The van der Waals surface area contributed by atoms with Crippen LogP contribution in [0.3, 0.4) is 0 Å². The van der Waals surface area contributed by atoms with Gasteiger partial charge in [-0.15, -0.1) is 9.24 Å². The van der Waals surface area contributed by atoms with E-state index in [1.165, 1.54) is 0 Å². The average molecular weight is 185 g/mol. The van der Waals surface area contributed by atoms with Crippen LogP contribution >= 0.6 is 9.24 Å². The van der Waals surface area contributed by atoms with Crippen LogP contribution < -0.4 is 0 Å². The third-order valence-corrected chi connectivity index (χ3v) is 2.88. The molecular weight excluding hydrogens is 166 g/mol. The SMILES string of the molecule is CC=C[B]OC(C)(C)C(C)(C)P. The van der Waals surface area contributed by atoms with Gasteiger partial charge >= 0.3 is 7.48 Å². The summed E-state index contributed by atoms with van der Waals surface area (Å²) < 4.78 is 5.60. The van der Waals surface area contributed by atoms with Crippen molar-refractivity contribution in [3.8, 4) is 0 Å². The molecule has 1 radical (unpaired) electrons. The van der Waals surface area contributed by atoms with Gasteiger partial charge in [-0.2, -0.15) is 0 Å². The van der Waals surface area contributed by atoms with Crippen LogP contribution in [0.15, 0.2) is 12.1 Å². The Bertz CT molecular complexity index is 158. The molecule has 0 aromatic heterocycles. The summed E-state index contributed by atoms with van der Waals surface area (Å²) in [7, 11) is 4.54. The minimum atomic E-state index is -0.156. The predicted molar refractivity (Wildman–Crippen MR) is 59.5 cm³/mol. The summed E-state index contributed by atoms with van der Waals surface area (Å²) in [6.45, 7) is 10.4. The van der Waals surface area contributed by atoms with E-state index in [4.69, 9.17) is 4.65 Å². The average Bonchev–Trinajstić information content (AvgIpc) is 1.85. The van der Waals surface area contributed by atoms with Crippen LogP contribution in [0.1, 0.15) is 34.6 Å². The highest BCUT2D eigenvalue weighted by molar-refractivity contribution is 7.19. The predicted octanol–water partition coefficient (Wildman–Crippen LogP) is 2.59. The van der Waals surface area contributed by atoms with Crippen molar-refractivity contribution in [2.24, 2.45) is 0 Å². The number of hydrogen-bond donors (Lipinski definition) is 0. The van der Waals surface area contributed by atoms with Crippen molar-refractivity contribution in [3.05, 3.63) is 12.1 Å². The maximum Gasteiger partial charge on any atom is 0.322 e. The van der Waals surface area contributed by atoms with Gasteiger partial charge in [0.2, 0.25) is 0 Å². The smallest absolute Gasteiger partial charge is 0.322 e. The molecule has 0 saturated carbocycles. The van der Waals surface area contributed by atoms with E-state index in [0.717, 1.165) is 0 Å². The lowest BCUT2D eigenvalue weighted by atomic mass is 9.89. The van der Waals surface area contributed by atoms with Crippen LogP contribution in [0.25, 0.3) is 0 Å². The molecule has 1 unspecified atom stereocenters. The molecule has 0 spiro atoms. The molecule has 0 bridgehead atoms. The molecule has 1 nitrogen and oxygen atoms in total. The molecule has 0 aliphatic rings. The van der Waals surface area contributed by atoms with E-state index >= 15 is 0 Å². The molecule has 0 rings (SSSR count). The van der Waals surface area contributed by atoms with Gasteiger partial charge in [-0.1, -0.05) is 25.9 Å². The van der Waals surface area contributed by atoms with Gasteiger partial charge in [0.05, 0.1) is 5.60 Å². The van der Waals surface area contributed by atoms with Gasteiger partial charge in [-0.25, -0.2) is 0 Å². The second-order valence-corrected chi connectivity index (χ2v) is 5.46. The fourth-order valence-corrected chi connectivity index (χ4v) is 0.508. The quantitative estimate of drug-likeness (QED) is 0.483. The molecule has 0 fully saturated rings. The third-order valence-electron chi connectivity index (χ3n) is 2.19. The molecule has 0 aromatic rings. The second kappa shape index (κ2) is 4.44. The molecule has 3 heteroatoms. The van der Waals surface area contributed by atoms with E-state index in [9.17, 15) is 0 Å². The van der Waals surface area contributed by atoms with E-state index < -0.39 is 0 Å². The first-order chi connectivity index (χ1) is 5.31. The zero-order valence-electron chi connectivity index (χ0n) is 8.72. The van der Waals surface area contributed by atoms with Crippen LogP contribution in [0, 0.1) is 0 Å². The Hall–Kier alpha value is 0.195. The summed E-state index contributed by atoms with van der Waals surface area (Å²) in [5, 5.41) is 0.0745. The Balaban J connectivity index is 4.05. The van der Waals surface area contributed by atoms with Crippen molar-refractivity contribution >= 4 is 16.7 Å². The van der Waals surface area contributed by atoms with Gasteiger partial charge in [0.15, 0.2) is 0 Å². The molecule has 0 aliphatic carbocycles. The Morgan fingerprint density at radius 2 is 1.75 bits per heavy atom. The maximum absolute atomic E-state index is 5.60. The van der Waals surface area contributed by atoms with E-state index in [1.807, 2.05) is 19.0 Å². The fourth-order valence-electron chi connectivity index (χ4n) is 0.440. The van der Waals surface area contributed by atoms with Gasteiger partial charge in [-0.05, 0) is 20.8 Å². The van der Waals surface area contributed by atoms with Gasteiger partial charge in [0, 0.05) is 5.16 Å². The summed E-state index contributed by atoms with van der Waals surface area (Å²) in [4.78, 5) is 0. The van der Waals surface area contributed by atoms with Crippen molar-refractivity contribution in [1.29, 1.82) is 0 Å². The summed E-state index contributed by atoms with van der Waals surface area (Å²) in [6, 6.07) is 0. The second-order valence-electron chi connectivity index (χ2n) is 4.01. The maximum atomic E-state index is 5.60. The molecule has 0 heterocycles. The van der Waals surface area contributed by atoms with E-state index in [0.29, 0.717) is 0 Å². The van der Waals surface area contributed by atoms with Crippen LogP contribution in [0.2, 0.25) is 0 Å². The summed E-state index contributed by atoms with van der Waals surface area (Å²) in [5.41, 5.74) is -0.156. The van der Waals surface area contributed by atoms with Crippen LogP contribution in [-0.4, -0.2) is 18.2 Å². The molecule has 12 heavy (non-hydrogen) atoms. The van der Waals surface area contributed by atoms with E-state index in [-0.39, 0.29) is 10.8 Å². The van der Waals surface area contributed by atoms with Crippen molar-refractivity contribution < 1.29 is 4.65 Å². The molecule has 0 aliphatic heterocycles. The largest absolute Gasteiger partial charge is 0.429 e. The van der Waals surface area contributed by atoms with Gasteiger partial charge < -0.3 is 4.65 Å². The highest BCUT2D eigenvalue weighted by atomic mass is 31.0. The molecular formula is C9H19BOP. The lowest BCUT2D eigenvalue weighted by Gasteiger charge is -2.38. The van der Waals surface area contributed by atoms with Crippen molar-refractivity contribution in [2.75, 3.05) is 0 Å². The first kappa shape index (κ1) is 12.2. The zero-order valence-corrected chi connectivity index (χ0v) is 9.87. The topological polar surface area (TPSA) is 9.23 Å². The third kappa shape index (κ3) is 3.73. The van der Waals surface area contributed by atoms with Crippen LogP contribution in [-0.2, 0) is 4.65 Å². The molecule has 0 amide bonds. The molecule has 0 aromatic carbocycles. The Labute approximate surface area is 79.4 Å². The number of hydrogen-bond acceptors (Lipinski definition) is 1. The summed E-state index contributed by atoms with van der Waals surface area (Å²) in [5.74, 6) is 1.90. The minimum absolute atomic E-state index is 0.0745. The first-order valence-corrected chi connectivity index (χ1v) is 4.80. The van der Waals surface area contributed by atoms with Gasteiger partial charge in [0.1, 0.15) is 0 Å². The molecule has 0 N–H and O–H groups in total. The number of rotatable bonds is 4. The summed E-state index contributed by atoms with van der Waals surface area (Å²) >= 11 is 0. The lowest BCUT2D eigenvalue weighted by molar-refractivity contribution is 0.0838. The Morgan fingerprint density at radius 3 is 2.08 bits per heavy atom. The van der Waals surface area contributed by atoms with Gasteiger partial charge in [-0.3, -0.25) is 0 Å². The van der Waals surface area contributed by atoms with Crippen LogP contribution in [0.4, 0.5) is 0 Å². The highest BCUT2D eigenvalue weighted by Gasteiger charge is 2.32. The Morgan fingerprint density at radius 1 is 1.25 bits per heavy atom. The fraction of sp³-hybridized carbons (Fsp3) is 0.778. The van der Waals surface area contributed by atoms with Gasteiger partial charge in [0.25, 0.3) is 0 Å². The van der Waals surface area contributed by atoms with Crippen LogP contribution in [0.5, 0.6) is 0 Å². The Kier molecular flexibility index (Phi) is 4.51. The number of allylic oxidation sites excluding steroid dienone is 1. The van der Waals surface area contributed by atoms with Crippen molar-refractivity contribution in [1.82, 2.24) is 0 Å². The first-order valence-electron chi connectivity index (χ1n) is 4.22. The standard InChI is InChI=1S/C9H19BOP/c1-6-7-10-11-8(2,3)9(4,5)12/h6-7H,12H2,1-5H3. The molecule has 0 saturated heterocycles.